The molecule has 0 atom stereocenters. The van der Waals surface area contributed by atoms with Crippen LogP contribution in [-0.2, 0) is 11.4 Å². The molecule has 0 unspecified atom stereocenters. The zero-order valence-electron chi connectivity index (χ0n) is 12.2. The first kappa shape index (κ1) is 15.0. The van der Waals surface area contributed by atoms with Gasteiger partial charge in [-0.2, -0.15) is 0 Å². The summed E-state index contributed by atoms with van der Waals surface area (Å²) in [6, 6.07) is 18.7. The molecule has 0 saturated carbocycles. The van der Waals surface area contributed by atoms with Crippen molar-refractivity contribution >= 4 is 5.91 Å². The van der Waals surface area contributed by atoms with Crippen LogP contribution in [0.15, 0.2) is 71.1 Å². The van der Waals surface area contributed by atoms with E-state index in [0.29, 0.717) is 5.56 Å². The van der Waals surface area contributed by atoms with Crippen molar-refractivity contribution in [3.8, 4) is 11.3 Å². The minimum atomic E-state index is -0.525. The van der Waals surface area contributed by atoms with Gasteiger partial charge in [0, 0.05) is 0 Å². The number of amides is 1. The van der Waals surface area contributed by atoms with Gasteiger partial charge in [0.1, 0.15) is 11.6 Å². The number of furan rings is 1. The zero-order chi connectivity index (χ0) is 16.1. The number of rotatable bonds is 5. The smallest absolute Gasteiger partial charge is 0.310 e. The number of hydrogen-bond acceptors (Lipinski definition) is 3. The van der Waals surface area contributed by atoms with Gasteiger partial charge >= 0.3 is 5.91 Å². The van der Waals surface area contributed by atoms with Gasteiger partial charge in [0.2, 0.25) is 0 Å². The largest absolute Gasteiger partial charge is 0.451 e. The lowest BCUT2D eigenvalue weighted by atomic mass is 10.1. The average Bonchev–Trinajstić information content (AvgIpc) is 3.06. The predicted octanol–water partition coefficient (Wildman–Crippen LogP) is 3.95. The Kier molecular flexibility index (Phi) is 4.49. The Labute approximate surface area is 132 Å². The second-order valence-electron chi connectivity index (χ2n) is 4.85. The van der Waals surface area contributed by atoms with E-state index < -0.39 is 11.7 Å². The average molecular weight is 311 g/mol. The lowest BCUT2D eigenvalue weighted by Gasteiger charge is -2.04. The van der Waals surface area contributed by atoms with E-state index in [1.807, 2.05) is 30.3 Å². The van der Waals surface area contributed by atoms with Crippen LogP contribution >= 0.6 is 0 Å². The van der Waals surface area contributed by atoms with Crippen LogP contribution in [-0.4, -0.2) is 5.91 Å². The molecule has 0 radical (unpaired) electrons. The van der Waals surface area contributed by atoms with Crippen LogP contribution in [0.4, 0.5) is 4.39 Å². The number of benzene rings is 2. The second kappa shape index (κ2) is 6.89. The van der Waals surface area contributed by atoms with Crippen molar-refractivity contribution in [1.29, 1.82) is 0 Å². The molecule has 23 heavy (non-hydrogen) atoms. The van der Waals surface area contributed by atoms with Gasteiger partial charge in [-0.25, -0.2) is 9.87 Å². The quantitative estimate of drug-likeness (QED) is 0.726. The molecule has 1 N–H and O–H groups in total. The van der Waals surface area contributed by atoms with E-state index in [1.165, 1.54) is 12.1 Å². The van der Waals surface area contributed by atoms with E-state index in [4.69, 9.17) is 9.25 Å². The van der Waals surface area contributed by atoms with Gasteiger partial charge in [-0.1, -0.05) is 42.5 Å². The normalized spacial score (nSPS) is 10.5. The van der Waals surface area contributed by atoms with E-state index in [-0.39, 0.29) is 18.1 Å². The SMILES string of the molecule is O=C(NOCc1ccccc1)c1ccc(-c2ccccc2F)o1. The molecule has 1 amide bonds. The number of carbonyl (C=O) groups is 1. The number of nitrogens with one attached hydrogen (secondary N) is 1. The maximum Gasteiger partial charge on any atom is 0.310 e. The van der Waals surface area contributed by atoms with Crippen molar-refractivity contribution in [2.75, 3.05) is 0 Å². The molecule has 0 spiro atoms. The molecule has 0 bridgehead atoms. The van der Waals surface area contributed by atoms with Crippen molar-refractivity contribution in [3.63, 3.8) is 0 Å². The minimum Gasteiger partial charge on any atom is -0.451 e. The molecule has 116 valence electrons. The van der Waals surface area contributed by atoms with E-state index in [1.54, 1.807) is 24.3 Å². The van der Waals surface area contributed by atoms with E-state index in [9.17, 15) is 9.18 Å². The summed E-state index contributed by atoms with van der Waals surface area (Å²) in [6.07, 6.45) is 0. The van der Waals surface area contributed by atoms with Gasteiger partial charge in [0.05, 0.1) is 12.2 Å². The van der Waals surface area contributed by atoms with Crippen LogP contribution in [0.25, 0.3) is 11.3 Å². The fourth-order valence-electron chi connectivity index (χ4n) is 2.08. The highest BCUT2D eigenvalue weighted by atomic mass is 19.1. The first-order valence-corrected chi connectivity index (χ1v) is 7.05. The Balaban J connectivity index is 1.62. The summed E-state index contributed by atoms with van der Waals surface area (Å²) in [5.74, 6) is -0.592. The summed E-state index contributed by atoms with van der Waals surface area (Å²) in [6.45, 7) is 0.244. The predicted molar refractivity (Wildman–Crippen MR) is 82.8 cm³/mol. The number of hydroxylamine groups is 1. The van der Waals surface area contributed by atoms with Gasteiger partial charge in [-0.05, 0) is 29.8 Å². The topological polar surface area (TPSA) is 51.5 Å². The fourth-order valence-corrected chi connectivity index (χ4v) is 2.08. The molecule has 4 nitrogen and oxygen atoms in total. The van der Waals surface area contributed by atoms with E-state index in [0.717, 1.165) is 5.56 Å². The van der Waals surface area contributed by atoms with Crippen molar-refractivity contribution in [3.05, 3.63) is 83.9 Å². The molecule has 3 aromatic rings. The Morgan fingerprint density at radius 2 is 1.74 bits per heavy atom. The highest BCUT2D eigenvalue weighted by Crippen LogP contribution is 2.24. The maximum absolute atomic E-state index is 13.7. The van der Waals surface area contributed by atoms with Gasteiger partial charge in [0.15, 0.2) is 5.76 Å². The minimum absolute atomic E-state index is 0.0521. The van der Waals surface area contributed by atoms with Crippen molar-refractivity contribution in [1.82, 2.24) is 5.48 Å². The lowest BCUT2D eigenvalue weighted by Crippen LogP contribution is -2.23. The highest BCUT2D eigenvalue weighted by Gasteiger charge is 2.14. The fraction of sp³-hybridized carbons (Fsp3) is 0.0556. The Hall–Kier alpha value is -2.92. The van der Waals surface area contributed by atoms with Gasteiger partial charge < -0.3 is 4.42 Å². The molecular formula is C18H14FNO3. The molecule has 0 fully saturated rings. The molecule has 3 rings (SSSR count). The number of hydrogen-bond donors (Lipinski definition) is 1. The van der Waals surface area contributed by atoms with Crippen LogP contribution in [0.1, 0.15) is 16.1 Å². The zero-order valence-corrected chi connectivity index (χ0v) is 12.2. The maximum atomic E-state index is 13.7. The van der Waals surface area contributed by atoms with Crippen molar-refractivity contribution < 1.29 is 18.4 Å². The number of carbonyl (C=O) groups excluding carboxylic acids is 1. The first-order valence-electron chi connectivity index (χ1n) is 7.05. The molecule has 0 aliphatic heterocycles. The van der Waals surface area contributed by atoms with E-state index >= 15 is 0 Å². The summed E-state index contributed by atoms with van der Waals surface area (Å²) >= 11 is 0. The summed E-state index contributed by atoms with van der Waals surface area (Å²) in [4.78, 5) is 17.1. The highest BCUT2D eigenvalue weighted by molar-refractivity contribution is 5.91. The standard InChI is InChI=1S/C18H14FNO3/c19-15-9-5-4-8-14(15)16-10-11-17(23-16)18(21)20-22-12-13-6-2-1-3-7-13/h1-11H,12H2,(H,20,21). The third-order valence-corrected chi connectivity index (χ3v) is 3.22. The number of halogens is 1. The summed E-state index contributed by atoms with van der Waals surface area (Å²) in [5, 5.41) is 0. The summed E-state index contributed by atoms with van der Waals surface area (Å²) in [7, 11) is 0. The summed E-state index contributed by atoms with van der Waals surface area (Å²) in [5.41, 5.74) is 3.53. The molecule has 0 aliphatic rings. The molecular weight excluding hydrogens is 297 g/mol. The molecule has 0 aliphatic carbocycles. The second-order valence-corrected chi connectivity index (χ2v) is 4.85. The van der Waals surface area contributed by atoms with E-state index in [2.05, 4.69) is 5.48 Å². The van der Waals surface area contributed by atoms with Gasteiger partial charge in [0.25, 0.3) is 0 Å². The Bertz CT molecular complexity index is 799. The Morgan fingerprint density at radius 3 is 2.52 bits per heavy atom. The monoisotopic (exact) mass is 311 g/mol. The Morgan fingerprint density at radius 1 is 1.00 bits per heavy atom. The van der Waals surface area contributed by atoms with Crippen molar-refractivity contribution in [2.24, 2.45) is 0 Å². The van der Waals surface area contributed by atoms with Gasteiger partial charge in [-0.15, -0.1) is 0 Å². The third-order valence-electron chi connectivity index (χ3n) is 3.22. The van der Waals surface area contributed by atoms with Gasteiger partial charge in [-0.3, -0.25) is 9.63 Å². The molecule has 1 aromatic heterocycles. The molecule has 5 heteroatoms. The molecule has 2 aromatic carbocycles. The van der Waals surface area contributed by atoms with Crippen LogP contribution < -0.4 is 5.48 Å². The van der Waals surface area contributed by atoms with Crippen molar-refractivity contribution in [2.45, 2.75) is 6.61 Å². The summed E-state index contributed by atoms with van der Waals surface area (Å²) < 4.78 is 19.1. The third kappa shape index (κ3) is 3.64. The van der Waals surface area contributed by atoms with Crippen LogP contribution in [0.3, 0.4) is 0 Å². The molecule has 1 heterocycles. The van der Waals surface area contributed by atoms with Crippen LogP contribution in [0, 0.1) is 5.82 Å². The van der Waals surface area contributed by atoms with Crippen LogP contribution in [0.5, 0.6) is 0 Å². The molecule has 0 saturated heterocycles. The lowest BCUT2D eigenvalue weighted by molar-refractivity contribution is 0.0213. The van der Waals surface area contributed by atoms with Crippen LogP contribution in [0.2, 0.25) is 0 Å². The first-order chi connectivity index (χ1) is 11.2.